The molecule has 5 heteroatoms. The number of rotatable bonds is 3. The fourth-order valence-electron chi connectivity index (χ4n) is 2.49. The third-order valence-electron chi connectivity index (χ3n) is 3.54. The van der Waals surface area contributed by atoms with Crippen LogP contribution in [0.1, 0.15) is 23.2 Å². The van der Waals surface area contributed by atoms with Crippen LogP contribution in [-0.2, 0) is 0 Å². The minimum atomic E-state index is -0.146. The topological polar surface area (TPSA) is 45.2 Å². The summed E-state index contributed by atoms with van der Waals surface area (Å²) in [6.07, 6.45) is 4.02. The molecule has 0 unspecified atom stereocenters. The predicted molar refractivity (Wildman–Crippen MR) is 85.1 cm³/mol. The molecule has 108 valence electrons. The van der Waals surface area contributed by atoms with Crippen molar-refractivity contribution in [2.24, 2.45) is 0 Å². The molecule has 2 heterocycles. The number of amides is 1. The Morgan fingerprint density at radius 3 is 2.57 bits per heavy atom. The summed E-state index contributed by atoms with van der Waals surface area (Å²) in [7, 11) is 0. The summed E-state index contributed by atoms with van der Waals surface area (Å²) in [6, 6.07) is 10.7. The van der Waals surface area contributed by atoms with Crippen LogP contribution in [-0.4, -0.2) is 24.0 Å². The van der Waals surface area contributed by atoms with E-state index in [1.807, 2.05) is 6.07 Å². The average molecular weight is 302 g/mol. The van der Waals surface area contributed by atoms with Gasteiger partial charge in [0.25, 0.3) is 5.91 Å². The largest absolute Gasteiger partial charge is 0.356 e. The fourth-order valence-corrected chi connectivity index (χ4v) is 2.61. The van der Waals surface area contributed by atoms with Gasteiger partial charge in [-0.15, -0.1) is 0 Å². The van der Waals surface area contributed by atoms with Gasteiger partial charge >= 0.3 is 0 Å². The first-order valence-electron chi connectivity index (χ1n) is 7.01. The summed E-state index contributed by atoms with van der Waals surface area (Å²) >= 11 is 5.85. The Morgan fingerprint density at radius 1 is 1.14 bits per heavy atom. The van der Waals surface area contributed by atoms with E-state index in [0.717, 1.165) is 37.4 Å². The second kappa shape index (κ2) is 6.14. The van der Waals surface area contributed by atoms with Gasteiger partial charge in [0, 0.05) is 30.0 Å². The number of nitrogens with zero attached hydrogens (tertiary/aromatic N) is 2. The van der Waals surface area contributed by atoms with Gasteiger partial charge < -0.3 is 10.2 Å². The molecule has 3 rings (SSSR count). The number of pyridine rings is 1. The summed E-state index contributed by atoms with van der Waals surface area (Å²) in [6.45, 7) is 1.91. The molecule has 1 amide bonds. The Labute approximate surface area is 128 Å². The molecule has 0 radical (unpaired) electrons. The van der Waals surface area contributed by atoms with E-state index in [1.54, 1.807) is 36.5 Å². The number of carbonyl (C=O) groups is 1. The highest BCUT2D eigenvalue weighted by Gasteiger charge is 2.20. The summed E-state index contributed by atoms with van der Waals surface area (Å²) in [5, 5.41) is 3.53. The van der Waals surface area contributed by atoms with Crippen molar-refractivity contribution in [1.29, 1.82) is 0 Å². The van der Waals surface area contributed by atoms with Crippen molar-refractivity contribution in [3.8, 4) is 0 Å². The maximum Gasteiger partial charge on any atom is 0.259 e. The Balaban J connectivity index is 1.82. The van der Waals surface area contributed by atoms with E-state index < -0.39 is 0 Å². The normalized spacial score (nSPS) is 14.2. The number of anilines is 2. The number of aromatic nitrogens is 1. The number of carbonyl (C=O) groups excluding carboxylic acids is 1. The van der Waals surface area contributed by atoms with Gasteiger partial charge in [0.1, 0.15) is 5.82 Å². The molecule has 1 aromatic heterocycles. The van der Waals surface area contributed by atoms with Gasteiger partial charge in [-0.1, -0.05) is 11.6 Å². The van der Waals surface area contributed by atoms with Crippen molar-refractivity contribution in [1.82, 2.24) is 4.98 Å². The van der Waals surface area contributed by atoms with Crippen LogP contribution in [0.25, 0.3) is 0 Å². The molecular formula is C16H16ClN3O. The van der Waals surface area contributed by atoms with Gasteiger partial charge in [-0.05, 0) is 49.2 Å². The third-order valence-corrected chi connectivity index (χ3v) is 3.79. The fraction of sp³-hybridized carbons (Fsp3) is 0.250. The van der Waals surface area contributed by atoms with Crippen LogP contribution in [0.4, 0.5) is 11.5 Å². The van der Waals surface area contributed by atoms with E-state index in [2.05, 4.69) is 15.2 Å². The molecule has 0 aliphatic carbocycles. The zero-order valence-corrected chi connectivity index (χ0v) is 12.3. The highest BCUT2D eigenvalue weighted by molar-refractivity contribution is 6.30. The van der Waals surface area contributed by atoms with Crippen molar-refractivity contribution in [3.05, 3.63) is 53.2 Å². The van der Waals surface area contributed by atoms with Gasteiger partial charge in [0.2, 0.25) is 0 Å². The van der Waals surface area contributed by atoms with E-state index >= 15 is 0 Å². The SMILES string of the molecule is O=C(Nc1ccc(Cl)cc1)c1cccnc1N1CCCC1. The van der Waals surface area contributed by atoms with Crippen LogP contribution < -0.4 is 10.2 Å². The minimum absolute atomic E-state index is 0.146. The molecule has 1 aromatic carbocycles. The number of nitrogens with one attached hydrogen (secondary N) is 1. The maximum absolute atomic E-state index is 12.5. The molecule has 1 saturated heterocycles. The second-order valence-electron chi connectivity index (χ2n) is 5.03. The summed E-state index contributed by atoms with van der Waals surface area (Å²) in [4.78, 5) is 19.0. The molecule has 1 fully saturated rings. The molecule has 0 bridgehead atoms. The molecule has 0 spiro atoms. The summed E-state index contributed by atoms with van der Waals surface area (Å²) < 4.78 is 0. The second-order valence-corrected chi connectivity index (χ2v) is 5.47. The summed E-state index contributed by atoms with van der Waals surface area (Å²) in [5.74, 6) is 0.619. The average Bonchev–Trinajstić information content (AvgIpc) is 3.04. The predicted octanol–water partition coefficient (Wildman–Crippen LogP) is 3.59. The quantitative estimate of drug-likeness (QED) is 0.942. The highest BCUT2D eigenvalue weighted by atomic mass is 35.5. The van der Waals surface area contributed by atoms with E-state index in [1.165, 1.54) is 0 Å². The number of benzene rings is 1. The highest BCUT2D eigenvalue weighted by Crippen LogP contribution is 2.23. The van der Waals surface area contributed by atoms with Gasteiger partial charge in [-0.3, -0.25) is 4.79 Å². The van der Waals surface area contributed by atoms with Crippen LogP contribution in [0.5, 0.6) is 0 Å². The van der Waals surface area contributed by atoms with E-state index in [0.29, 0.717) is 10.6 Å². The number of hydrogen-bond acceptors (Lipinski definition) is 3. The minimum Gasteiger partial charge on any atom is -0.356 e. The van der Waals surface area contributed by atoms with Crippen LogP contribution in [0.15, 0.2) is 42.6 Å². The lowest BCUT2D eigenvalue weighted by Crippen LogP contribution is -2.24. The molecule has 21 heavy (non-hydrogen) atoms. The monoisotopic (exact) mass is 301 g/mol. The molecule has 1 aliphatic heterocycles. The van der Waals surface area contributed by atoms with Crippen molar-refractivity contribution in [2.75, 3.05) is 23.3 Å². The number of hydrogen-bond donors (Lipinski definition) is 1. The molecular weight excluding hydrogens is 286 g/mol. The van der Waals surface area contributed by atoms with Gasteiger partial charge in [-0.25, -0.2) is 4.98 Å². The van der Waals surface area contributed by atoms with Crippen LogP contribution >= 0.6 is 11.6 Å². The van der Waals surface area contributed by atoms with Crippen LogP contribution in [0, 0.1) is 0 Å². The van der Waals surface area contributed by atoms with Crippen molar-refractivity contribution >= 4 is 29.0 Å². The standard InChI is InChI=1S/C16H16ClN3O/c17-12-5-7-13(8-6-12)19-16(21)14-4-3-9-18-15(14)20-10-1-2-11-20/h3-9H,1-2,10-11H2,(H,19,21). The van der Waals surface area contributed by atoms with Gasteiger partial charge in [0.15, 0.2) is 0 Å². The van der Waals surface area contributed by atoms with Gasteiger partial charge in [-0.2, -0.15) is 0 Å². The van der Waals surface area contributed by atoms with E-state index in [-0.39, 0.29) is 5.91 Å². The molecule has 1 N–H and O–H groups in total. The first kappa shape index (κ1) is 13.9. The van der Waals surface area contributed by atoms with Crippen molar-refractivity contribution < 1.29 is 4.79 Å². The summed E-state index contributed by atoms with van der Waals surface area (Å²) in [5.41, 5.74) is 1.33. The molecule has 0 atom stereocenters. The Morgan fingerprint density at radius 2 is 1.86 bits per heavy atom. The molecule has 1 aliphatic rings. The Bertz CT molecular complexity index is 636. The van der Waals surface area contributed by atoms with E-state index in [4.69, 9.17) is 11.6 Å². The zero-order chi connectivity index (χ0) is 14.7. The Kier molecular flexibility index (Phi) is 4.06. The first-order chi connectivity index (χ1) is 10.2. The van der Waals surface area contributed by atoms with Crippen molar-refractivity contribution in [3.63, 3.8) is 0 Å². The Hall–Kier alpha value is -2.07. The smallest absolute Gasteiger partial charge is 0.259 e. The molecule has 2 aromatic rings. The number of halogens is 1. The van der Waals surface area contributed by atoms with Gasteiger partial charge in [0.05, 0.1) is 5.56 Å². The third kappa shape index (κ3) is 3.16. The zero-order valence-electron chi connectivity index (χ0n) is 11.6. The lowest BCUT2D eigenvalue weighted by molar-refractivity contribution is 0.102. The maximum atomic E-state index is 12.5. The first-order valence-corrected chi connectivity index (χ1v) is 7.39. The molecule has 4 nitrogen and oxygen atoms in total. The van der Waals surface area contributed by atoms with Crippen LogP contribution in [0.3, 0.4) is 0 Å². The van der Waals surface area contributed by atoms with Crippen molar-refractivity contribution in [2.45, 2.75) is 12.8 Å². The lowest BCUT2D eigenvalue weighted by Gasteiger charge is -2.19. The van der Waals surface area contributed by atoms with Crippen LogP contribution in [0.2, 0.25) is 5.02 Å². The van der Waals surface area contributed by atoms with E-state index in [9.17, 15) is 4.79 Å². The molecule has 0 saturated carbocycles. The lowest BCUT2D eigenvalue weighted by atomic mass is 10.2.